The molecule has 1 N–H and O–H groups in total. The molecule has 3 aromatic carbocycles. The number of aromatic nitrogens is 1. The molecule has 1 amide bonds. The maximum Gasteiger partial charge on any atom is 0.255 e. The molecule has 0 aliphatic carbocycles. The Morgan fingerprint density at radius 1 is 1.04 bits per heavy atom. The second kappa shape index (κ2) is 6.44. The number of anilines is 1. The summed E-state index contributed by atoms with van der Waals surface area (Å²) in [5.74, 6) is -0.394. The smallest absolute Gasteiger partial charge is 0.255 e. The van der Waals surface area contributed by atoms with E-state index in [1.807, 2.05) is 19.1 Å². The van der Waals surface area contributed by atoms with E-state index < -0.39 is 5.82 Å². The van der Waals surface area contributed by atoms with Crippen molar-refractivity contribution in [2.75, 3.05) is 5.32 Å². The number of fused-ring (bicyclic) bond motifs is 1. The fraction of sp³-hybridized carbons (Fsp3) is 0.0476. The summed E-state index contributed by atoms with van der Waals surface area (Å²) < 4.78 is 19.5. The van der Waals surface area contributed by atoms with Crippen LogP contribution in [0.4, 0.5) is 10.1 Å². The number of oxazole rings is 1. The fourth-order valence-electron chi connectivity index (χ4n) is 2.66. The van der Waals surface area contributed by atoms with E-state index in [1.165, 1.54) is 6.07 Å². The molecule has 1 aromatic heterocycles. The Bertz CT molecular complexity index is 1100. The predicted octanol–water partition coefficient (Wildman–Crippen LogP) is 5.19. The number of nitrogens with zero attached hydrogens (tertiary/aromatic N) is 1. The predicted molar refractivity (Wildman–Crippen MR) is 98.5 cm³/mol. The first-order chi connectivity index (χ1) is 12.6. The minimum absolute atomic E-state index is 0.206. The molecule has 0 saturated heterocycles. The highest BCUT2D eigenvalue weighted by Crippen LogP contribution is 2.27. The van der Waals surface area contributed by atoms with Gasteiger partial charge in [0.25, 0.3) is 5.91 Å². The monoisotopic (exact) mass is 346 g/mol. The molecule has 26 heavy (non-hydrogen) atoms. The topological polar surface area (TPSA) is 55.1 Å². The number of amides is 1. The van der Waals surface area contributed by atoms with Gasteiger partial charge in [0.2, 0.25) is 5.89 Å². The minimum atomic E-state index is -0.396. The summed E-state index contributed by atoms with van der Waals surface area (Å²) in [4.78, 5) is 16.7. The lowest BCUT2D eigenvalue weighted by atomic mass is 10.1. The van der Waals surface area contributed by atoms with Crippen molar-refractivity contribution in [3.8, 4) is 11.5 Å². The number of hydrogen-bond acceptors (Lipinski definition) is 3. The van der Waals surface area contributed by atoms with Crippen LogP contribution in [0.5, 0.6) is 0 Å². The normalized spacial score (nSPS) is 10.8. The molecule has 0 radical (unpaired) electrons. The van der Waals surface area contributed by atoms with Crippen LogP contribution in [0.2, 0.25) is 0 Å². The summed E-state index contributed by atoms with van der Waals surface area (Å²) in [6.07, 6.45) is 0. The van der Waals surface area contributed by atoms with Gasteiger partial charge in [0.1, 0.15) is 11.3 Å². The molecule has 0 saturated carbocycles. The Kier molecular flexibility index (Phi) is 3.97. The van der Waals surface area contributed by atoms with Crippen LogP contribution >= 0.6 is 0 Å². The van der Waals surface area contributed by atoms with Crippen LogP contribution in [0.1, 0.15) is 15.9 Å². The molecule has 0 spiro atoms. The van der Waals surface area contributed by atoms with E-state index >= 15 is 0 Å². The van der Waals surface area contributed by atoms with E-state index in [2.05, 4.69) is 10.3 Å². The Balaban J connectivity index is 1.62. The molecule has 4 nitrogen and oxygen atoms in total. The first-order valence-electron chi connectivity index (χ1n) is 8.14. The fourth-order valence-corrected chi connectivity index (χ4v) is 2.66. The Hall–Kier alpha value is -3.47. The molecule has 4 rings (SSSR count). The number of rotatable bonds is 3. The van der Waals surface area contributed by atoms with Gasteiger partial charge in [0.15, 0.2) is 5.58 Å². The van der Waals surface area contributed by atoms with E-state index in [-0.39, 0.29) is 11.8 Å². The molecule has 0 fully saturated rings. The second-order valence-corrected chi connectivity index (χ2v) is 6.00. The molecule has 4 aromatic rings. The van der Waals surface area contributed by atoms with Crippen LogP contribution in [-0.4, -0.2) is 10.9 Å². The Morgan fingerprint density at radius 3 is 2.58 bits per heavy atom. The molecule has 0 aliphatic heterocycles. The zero-order chi connectivity index (χ0) is 18.1. The van der Waals surface area contributed by atoms with Crippen LogP contribution in [0, 0.1) is 12.7 Å². The molecular weight excluding hydrogens is 331 g/mol. The van der Waals surface area contributed by atoms with Crippen LogP contribution in [0.25, 0.3) is 22.6 Å². The first kappa shape index (κ1) is 16.0. The summed E-state index contributed by atoms with van der Waals surface area (Å²) in [5, 5.41) is 2.84. The van der Waals surface area contributed by atoms with Crippen LogP contribution < -0.4 is 5.32 Å². The second-order valence-electron chi connectivity index (χ2n) is 6.00. The zero-order valence-corrected chi connectivity index (χ0v) is 14.0. The van der Waals surface area contributed by atoms with Crippen molar-refractivity contribution < 1.29 is 13.6 Å². The third-order valence-electron chi connectivity index (χ3n) is 4.06. The van der Waals surface area contributed by atoms with E-state index in [0.29, 0.717) is 27.9 Å². The third-order valence-corrected chi connectivity index (χ3v) is 4.06. The molecule has 0 bridgehead atoms. The number of aryl methyl sites for hydroxylation is 1. The summed E-state index contributed by atoms with van der Waals surface area (Å²) in [6, 6.07) is 18.8. The van der Waals surface area contributed by atoms with Crippen molar-refractivity contribution in [2.45, 2.75) is 6.92 Å². The van der Waals surface area contributed by atoms with Crippen LogP contribution in [0.3, 0.4) is 0 Å². The Morgan fingerprint density at radius 2 is 1.81 bits per heavy atom. The van der Waals surface area contributed by atoms with Crippen molar-refractivity contribution in [1.29, 1.82) is 0 Å². The van der Waals surface area contributed by atoms with Gasteiger partial charge in [-0.15, -0.1) is 0 Å². The lowest BCUT2D eigenvalue weighted by Gasteiger charge is -2.05. The molecule has 128 valence electrons. The number of carbonyl (C=O) groups excluding carboxylic acids is 1. The number of nitrogens with one attached hydrogen (secondary N) is 1. The van der Waals surface area contributed by atoms with E-state index in [1.54, 1.807) is 48.5 Å². The van der Waals surface area contributed by atoms with Crippen LogP contribution in [0.15, 0.2) is 71.1 Å². The standard InChI is InChI=1S/C21H15FN2O2/c1-13-6-8-14(9-7-13)20(25)23-15-10-11-19-18(12-15)24-21(26-19)16-4-2-3-5-17(16)22/h2-12H,1H3,(H,23,25). The number of halogens is 1. The van der Waals surface area contributed by atoms with Gasteiger partial charge in [-0.25, -0.2) is 9.37 Å². The van der Waals surface area contributed by atoms with Crippen molar-refractivity contribution in [3.63, 3.8) is 0 Å². The van der Waals surface area contributed by atoms with Gasteiger partial charge in [-0.05, 0) is 49.4 Å². The van der Waals surface area contributed by atoms with E-state index in [4.69, 9.17) is 4.42 Å². The quantitative estimate of drug-likeness (QED) is 0.555. The van der Waals surface area contributed by atoms with Crippen molar-refractivity contribution in [2.24, 2.45) is 0 Å². The Labute approximate surface area is 149 Å². The maximum absolute atomic E-state index is 13.9. The molecule has 5 heteroatoms. The highest BCUT2D eigenvalue weighted by molar-refractivity contribution is 6.04. The number of carbonyl (C=O) groups is 1. The zero-order valence-electron chi connectivity index (χ0n) is 14.0. The average molecular weight is 346 g/mol. The average Bonchev–Trinajstić information content (AvgIpc) is 3.05. The van der Waals surface area contributed by atoms with Gasteiger partial charge < -0.3 is 9.73 Å². The molecule has 0 atom stereocenters. The van der Waals surface area contributed by atoms with Crippen molar-refractivity contribution in [3.05, 3.63) is 83.7 Å². The third kappa shape index (κ3) is 3.07. The highest BCUT2D eigenvalue weighted by Gasteiger charge is 2.13. The highest BCUT2D eigenvalue weighted by atomic mass is 19.1. The van der Waals surface area contributed by atoms with Crippen molar-refractivity contribution >= 4 is 22.7 Å². The van der Waals surface area contributed by atoms with Gasteiger partial charge >= 0.3 is 0 Å². The lowest BCUT2D eigenvalue weighted by molar-refractivity contribution is 0.102. The van der Waals surface area contributed by atoms with Gasteiger partial charge in [-0.2, -0.15) is 0 Å². The van der Waals surface area contributed by atoms with Gasteiger partial charge in [0.05, 0.1) is 5.56 Å². The summed E-state index contributed by atoms with van der Waals surface area (Å²) in [5.41, 5.74) is 3.63. The molecule has 0 aliphatic rings. The first-order valence-corrected chi connectivity index (χ1v) is 8.14. The SMILES string of the molecule is Cc1ccc(C(=O)Nc2ccc3oc(-c4ccccc4F)nc3c2)cc1. The maximum atomic E-state index is 13.9. The van der Waals surface area contributed by atoms with E-state index in [9.17, 15) is 9.18 Å². The van der Waals surface area contributed by atoms with Gasteiger partial charge in [0, 0.05) is 11.3 Å². The summed E-state index contributed by atoms with van der Waals surface area (Å²) in [6.45, 7) is 1.97. The molecular formula is C21H15FN2O2. The number of benzene rings is 3. The largest absolute Gasteiger partial charge is 0.436 e. The van der Waals surface area contributed by atoms with Gasteiger partial charge in [-0.3, -0.25) is 4.79 Å². The van der Waals surface area contributed by atoms with E-state index in [0.717, 1.165) is 5.56 Å². The lowest BCUT2D eigenvalue weighted by Crippen LogP contribution is -2.11. The molecule has 1 heterocycles. The number of hydrogen-bond donors (Lipinski definition) is 1. The molecule has 0 unspecified atom stereocenters. The summed E-state index contributed by atoms with van der Waals surface area (Å²) >= 11 is 0. The van der Waals surface area contributed by atoms with Crippen LogP contribution in [-0.2, 0) is 0 Å². The van der Waals surface area contributed by atoms with Gasteiger partial charge in [-0.1, -0.05) is 29.8 Å². The summed E-state index contributed by atoms with van der Waals surface area (Å²) in [7, 11) is 0. The van der Waals surface area contributed by atoms with Crippen molar-refractivity contribution in [1.82, 2.24) is 4.98 Å². The minimum Gasteiger partial charge on any atom is -0.436 e.